The molecule has 1 aromatic carbocycles. The van der Waals surface area contributed by atoms with E-state index in [0.717, 1.165) is 23.1 Å². The molecule has 0 aromatic heterocycles. The maximum Gasteiger partial charge on any atom is 0.254 e. The van der Waals surface area contributed by atoms with Crippen molar-refractivity contribution in [1.29, 1.82) is 0 Å². The van der Waals surface area contributed by atoms with E-state index in [1.807, 2.05) is 44.0 Å². The van der Waals surface area contributed by atoms with E-state index in [1.54, 1.807) is 0 Å². The van der Waals surface area contributed by atoms with Crippen LogP contribution in [0, 0.1) is 0 Å². The molecule has 2 saturated heterocycles. The molecule has 4 nitrogen and oxygen atoms in total. The van der Waals surface area contributed by atoms with Crippen LogP contribution in [0.25, 0.3) is 0 Å². The lowest BCUT2D eigenvalue weighted by molar-refractivity contribution is 0.0681. The topological polar surface area (TPSA) is 41.6 Å². The summed E-state index contributed by atoms with van der Waals surface area (Å²) in [5.74, 6) is 0.808. The number of hydrogen-bond donors (Lipinski definition) is 1. The average Bonchev–Trinajstić information content (AvgIpc) is 2.82. The molecule has 0 radical (unpaired) electrons. The standard InChI is InChI=1S/C18H25BrN2O2/c1-11(2)23-17-7-12(6-13(19)8-17)18(22)21(3)16-9-14-4-5-15(10-16)20-14/h6-8,11,14-16,20H,4-5,9-10H2,1-3H3. The minimum absolute atomic E-state index is 0.0752. The van der Waals surface area contributed by atoms with E-state index in [0.29, 0.717) is 23.7 Å². The largest absolute Gasteiger partial charge is 0.491 e. The summed E-state index contributed by atoms with van der Waals surface area (Å²) in [4.78, 5) is 14.8. The van der Waals surface area contributed by atoms with Crippen LogP contribution in [0.5, 0.6) is 5.75 Å². The van der Waals surface area contributed by atoms with Gasteiger partial charge in [0.05, 0.1) is 6.10 Å². The Kier molecular flexibility index (Phi) is 4.97. The summed E-state index contributed by atoms with van der Waals surface area (Å²) in [6.07, 6.45) is 4.69. The number of nitrogens with one attached hydrogen (secondary N) is 1. The van der Waals surface area contributed by atoms with E-state index in [1.165, 1.54) is 12.8 Å². The maximum absolute atomic E-state index is 12.9. The Morgan fingerprint density at radius 1 is 1.26 bits per heavy atom. The molecule has 3 rings (SSSR count). The molecule has 1 N–H and O–H groups in total. The molecule has 2 heterocycles. The first-order chi connectivity index (χ1) is 10.9. The predicted octanol–water partition coefficient (Wildman–Crippen LogP) is 3.59. The first-order valence-electron chi connectivity index (χ1n) is 8.43. The molecule has 2 unspecified atom stereocenters. The van der Waals surface area contributed by atoms with Gasteiger partial charge in [0.1, 0.15) is 5.75 Å². The van der Waals surface area contributed by atoms with Gasteiger partial charge < -0.3 is 15.0 Å². The number of ether oxygens (including phenoxy) is 1. The van der Waals surface area contributed by atoms with E-state index >= 15 is 0 Å². The molecule has 1 amide bonds. The van der Waals surface area contributed by atoms with Crippen molar-refractivity contribution in [3.8, 4) is 5.75 Å². The average molecular weight is 381 g/mol. The van der Waals surface area contributed by atoms with E-state index in [9.17, 15) is 4.79 Å². The fraction of sp³-hybridized carbons (Fsp3) is 0.611. The Hall–Kier alpha value is -1.07. The highest BCUT2D eigenvalue weighted by molar-refractivity contribution is 9.10. The number of amides is 1. The van der Waals surface area contributed by atoms with Gasteiger partial charge in [-0.15, -0.1) is 0 Å². The summed E-state index contributed by atoms with van der Waals surface area (Å²) in [7, 11) is 1.93. The summed E-state index contributed by atoms with van der Waals surface area (Å²) >= 11 is 3.48. The van der Waals surface area contributed by atoms with E-state index in [2.05, 4.69) is 21.2 Å². The van der Waals surface area contributed by atoms with Crippen LogP contribution in [-0.4, -0.2) is 42.1 Å². The number of rotatable bonds is 4. The molecule has 0 spiro atoms. The number of hydrogen-bond acceptors (Lipinski definition) is 3. The zero-order valence-corrected chi connectivity index (χ0v) is 15.6. The van der Waals surface area contributed by atoms with Crippen LogP contribution in [0.1, 0.15) is 49.9 Å². The number of piperidine rings is 1. The van der Waals surface area contributed by atoms with Crippen LogP contribution < -0.4 is 10.1 Å². The van der Waals surface area contributed by atoms with Crippen LogP contribution in [0.15, 0.2) is 22.7 Å². The van der Waals surface area contributed by atoms with Crippen molar-refractivity contribution in [2.75, 3.05) is 7.05 Å². The highest BCUT2D eigenvalue weighted by Crippen LogP contribution is 2.30. The molecule has 2 bridgehead atoms. The molecule has 1 aromatic rings. The molecule has 2 aliphatic heterocycles. The predicted molar refractivity (Wildman–Crippen MR) is 95.0 cm³/mol. The highest BCUT2D eigenvalue weighted by atomic mass is 79.9. The summed E-state index contributed by atoms with van der Waals surface area (Å²) in [5.41, 5.74) is 0.684. The van der Waals surface area contributed by atoms with Gasteiger partial charge in [-0.1, -0.05) is 15.9 Å². The van der Waals surface area contributed by atoms with Crippen molar-refractivity contribution in [1.82, 2.24) is 10.2 Å². The molecule has 0 aliphatic carbocycles. The quantitative estimate of drug-likeness (QED) is 0.867. The fourth-order valence-corrected chi connectivity index (χ4v) is 4.21. The summed E-state index contributed by atoms with van der Waals surface area (Å²) in [6.45, 7) is 3.97. The minimum atomic E-state index is 0.0752. The smallest absolute Gasteiger partial charge is 0.254 e. The number of fused-ring (bicyclic) bond motifs is 2. The van der Waals surface area contributed by atoms with Gasteiger partial charge in [0.25, 0.3) is 5.91 Å². The minimum Gasteiger partial charge on any atom is -0.491 e. The first kappa shape index (κ1) is 16.8. The molecule has 2 aliphatic rings. The Morgan fingerprint density at radius 3 is 2.52 bits per heavy atom. The third-order valence-electron chi connectivity index (χ3n) is 4.81. The van der Waals surface area contributed by atoms with Crippen LogP contribution in [0.2, 0.25) is 0 Å². The Morgan fingerprint density at radius 2 is 1.91 bits per heavy atom. The van der Waals surface area contributed by atoms with Gasteiger partial charge in [-0.3, -0.25) is 4.79 Å². The molecule has 2 fully saturated rings. The van der Waals surface area contributed by atoms with Crippen LogP contribution >= 0.6 is 15.9 Å². The second-order valence-corrected chi connectivity index (χ2v) is 7.94. The summed E-state index contributed by atoms with van der Waals surface area (Å²) in [5, 5.41) is 3.63. The van der Waals surface area contributed by atoms with E-state index < -0.39 is 0 Å². The van der Waals surface area contributed by atoms with Crippen molar-refractivity contribution < 1.29 is 9.53 Å². The van der Waals surface area contributed by atoms with Crippen molar-refractivity contribution in [2.24, 2.45) is 0 Å². The fourth-order valence-electron chi connectivity index (χ4n) is 3.74. The number of carbonyl (C=O) groups is 1. The molecular weight excluding hydrogens is 356 g/mol. The van der Waals surface area contributed by atoms with Crippen LogP contribution in [-0.2, 0) is 0 Å². The molecular formula is C18H25BrN2O2. The zero-order valence-electron chi connectivity index (χ0n) is 14.0. The van der Waals surface area contributed by atoms with Crippen molar-refractivity contribution in [3.05, 3.63) is 28.2 Å². The summed E-state index contributed by atoms with van der Waals surface area (Å²) < 4.78 is 6.62. The first-order valence-corrected chi connectivity index (χ1v) is 9.22. The molecule has 2 atom stereocenters. The number of halogens is 1. The molecule has 126 valence electrons. The Balaban J connectivity index is 1.75. The van der Waals surface area contributed by atoms with Crippen LogP contribution in [0.3, 0.4) is 0 Å². The van der Waals surface area contributed by atoms with Gasteiger partial charge in [0.2, 0.25) is 0 Å². The van der Waals surface area contributed by atoms with Gasteiger partial charge in [0, 0.05) is 35.2 Å². The van der Waals surface area contributed by atoms with Crippen molar-refractivity contribution in [2.45, 2.75) is 63.8 Å². The monoisotopic (exact) mass is 380 g/mol. The lowest BCUT2D eigenvalue weighted by atomic mass is 9.98. The highest BCUT2D eigenvalue weighted by Gasteiger charge is 2.36. The Labute approximate surface area is 146 Å². The lowest BCUT2D eigenvalue weighted by Crippen LogP contribution is -2.48. The number of nitrogens with zero attached hydrogens (tertiary/aromatic N) is 1. The van der Waals surface area contributed by atoms with Crippen molar-refractivity contribution >= 4 is 21.8 Å². The SMILES string of the molecule is CC(C)Oc1cc(Br)cc(C(=O)N(C)C2CC3CCC(C2)N3)c1. The zero-order chi connectivity index (χ0) is 16.6. The van der Waals surface area contributed by atoms with Gasteiger partial charge in [-0.2, -0.15) is 0 Å². The Bertz CT molecular complexity index is 578. The molecule has 5 heteroatoms. The molecule has 0 saturated carbocycles. The van der Waals surface area contributed by atoms with Gasteiger partial charge in [0.15, 0.2) is 0 Å². The van der Waals surface area contributed by atoms with Crippen LogP contribution in [0.4, 0.5) is 0 Å². The van der Waals surface area contributed by atoms with Gasteiger partial charge in [-0.05, 0) is 57.7 Å². The van der Waals surface area contributed by atoms with Gasteiger partial charge >= 0.3 is 0 Å². The van der Waals surface area contributed by atoms with Gasteiger partial charge in [-0.25, -0.2) is 0 Å². The van der Waals surface area contributed by atoms with E-state index in [-0.39, 0.29) is 12.0 Å². The lowest BCUT2D eigenvalue weighted by Gasteiger charge is -2.35. The van der Waals surface area contributed by atoms with E-state index in [4.69, 9.17) is 4.74 Å². The maximum atomic E-state index is 12.9. The molecule has 23 heavy (non-hydrogen) atoms. The second kappa shape index (κ2) is 6.81. The van der Waals surface area contributed by atoms with Crippen molar-refractivity contribution in [3.63, 3.8) is 0 Å². The third kappa shape index (κ3) is 3.89. The second-order valence-electron chi connectivity index (χ2n) is 7.02. The third-order valence-corrected chi connectivity index (χ3v) is 5.26. The summed E-state index contributed by atoms with van der Waals surface area (Å²) in [6, 6.07) is 7.12. The normalized spacial score (nSPS) is 26.4. The number of benzene rings is 1. The number of carbonyl (C=O) groups excluding carboxylic acids is 1.